The third-order valence-electron chi connectivity index (χ3n) is 4.52. The van der Waals surface area contributed by atoms with Crippen molar-refractivity contribution < 1.29 is 4.79 Å². The van der Waals surface area contributed by atoms with E-state index in [4.69, 9.17) is 11.6 Å². The van der Waals surface area contributed by atoms with Gasteiger partial charge in [0.25, 0.3) is 0 Å². The van der Waals surface area contributed by atoms with E-state index in [9.17, 15) is 4.79 Å². The highest BCUT2D eigenvalue weighted by molar-refractivity contribution is 6.30. The Balaban J connectivity index is 1.41. The van der Waals surface area contributed by atoms with Gasteiger partial charge in [0.15, 0.2) is 11.6 Å². The molecule has 0 radical (unpaired) electrons. The van der Waals surface area contributed by atoms with Crippen molar-refractivity contribution in [2.75, 3.05) is 23.3 Å². The summed E-state index contributed by atoms with van der Waals surface area (Å²) in [7, 11) is 0. The summed E-state index contributed by atoms with van der Waals surface area (Å²) in [5.41, 5.74) is 0.749. The van der Waals surface area contributed by atoms with Crippen LogP contribution in [-0.2, 0) is 4.79 Å². The van der Waals surface area contributed by atoms with Crippen LogP contribution < -0.4 is 10.2 Å². The summed E-state index contributed by atoms with van der Waals surface area (Å²) in [6.07, 6.45) is 4.79. The van der Waals surface area contributed by atoms with E-state index >= 15 is 0 Å². The molecule has 3 heterocycles. The van der Waals surface area contributed by atoms with Crippen molar-refractivity contribution in [1.29, 1.82) is 0 Å². The van der Waals surface area contributed by atoms with Gasteiger partial charge in [-0.2, -0.15) is 5.10 Å². The maximum atomic E-state index is 12.6. The fraction of sp³-hybridized carbons (Fsp3) is 0.278. The second kappa shape index (κ2) is 7.71. The fourth-order valence-corrected chi connectivity index (χ4v) is 3.24. The number of anilines is 2. The van der Waals surface area contributed by atoms with E-state index in [2.05, 4.69) is 30.5 Å². The molecule has 1 amide bonds. The molecule has 0 saturated carbocycles. The summed E-state index contributed by atoms with van der Waals surface area (Å²) < 4.78 is 1.55. The van der Waals surface area contributed by atoms with Gasteiger partial charge in [-0.1, -0.05) is 11.6 Å². The van der Waals surface area contributed by atoms with Gasteiger partial charge in [-0.25, -0.2) is 9.67 Å². The van der Waals surface area contributed by atoms with Crippen LogP contribution in [0.15, 0.2) is 49.1 Å². The Hall–Kier alpha value is -3.00. The largest absolute Gasteiger partial charge is 0.354 e. The number of hydrogen-bond acceptors (Lipinski definition) is 6. The Morgan fingerprint density at radius 1 is 1.11 bits per heavy atom. The summed E-state index contributed by atoms with van der Waals surface area (Å²) in [5, 5.41) is 16.1. The summed E-state index contributed by atoms with van der Waals surface area (Å²) in [6, 6.07) is 10.9. The lowest BCUT2D eigenvalue weighted by Gasteiger charge is -2.32. The number of carbonyl (C=O) groups is 1. The van der Waals surface area contributed by atoms with Crippen molar-refractivity contribution in [2.24, 2.45) is 5.92 Å². The van der Waals surface area contributed by atoms with Crippen molar-refractivity contribution in [3.63, 3.8) is 0 Å². The van der Waals surface area contributed by atoms with Gasteiger partial charge in [-0.05, 0) is 49.2 Å². The smallest absolute Gasteiger partial charge is 0.229 e. The number of piperidine rings is 1. The molecule has 2 aromatic heterocycles. The van der Waals surface area contributed by atoms with Crippen LogP contribution in [0.1, 0.15) is 12.8 Å². The zero-order valence-electron chi connectivity index (χ0n) is 14.5. The van der Waals surface area contributed by atoms with Crippen LogP contribution >= 0.6 is 11.6 Å². The molecule has 1 atom stereocenters. The van der Waals surface area contributed by atoms with Gasteiger partial charge < -0.3 is 10.2 Å². The van der Waals surface area contributed by atoms with Crippen LogP contribution in [0, 0.1) is 5.92 Å². The normalized spacial score (nSPS) is 16.9. The topological polar surface area (TPSA) is 88.8 Å². The Morgan fingerprint density at radius 3 is 2.59 bits per heavy atom. The van der Waals surface area contributed by atoms with E-state index in [-0.39, 0.29) is 11.8 Å². The van der Waals surface area contributed by atoms with Crippen LogP contribution in [0.2, 0.25) is 5.02 Å². The molecule has 0 bridgehead atoms. The first-order valence-electron chi connectivity index (χ1n) is 8.69. The first-order valence-corrected chi connectivity index (χ1v) is 9.07. The highest BCUT2D eigenvalue weighted by atomic mass is 35.5. The summed E-state index contributed by atoms with van der Waals surface area (Å²) in [4.78, 5) is 18.6. The molecule has 3 aromatic rings. The predicted octanol–water partition coefficient (Wildman–Crippen LogP) is 2.57. The number of amides is 1. The van der Waals surface area contributed by atoms with E-state index in [1.807, 2.05) is 12.1 Å². The van der Waals surface area contributed by atoms with Crippen molar-refractivity contribution in [3.8, 4) is 5.82 Å². The Bertz CT molecular complexity index is 896. The Labute approximate surface area is 161 Å². The molecule has 8 nitrogen and oxygen atoms in total. The molecule has 0 aliphatic carbocycles. The molecule has 1 unspecified atom stereocenters. The number of halogens is 1. The summed E-state index contributed by atoms with van der Waals surface area (Å²) >= 11 is 5.89. The van der Waals surface area contributed by atoms with Crippen molar-refractivity contribution >= 4 is 29.0 Å². The van der Waals surface area contributed by atoms with E-state index < -0.39 is 0 Å². The average Bonchev–Trinajstić information content (AvgIpc) is 3.25. The average molecular weight is 384 g/mol. The molecule has 1 aromatic carbocycles. The molecule has 138 valence electrons. The maximum Gasteiger partial charge on any atom is 0.229 e. The lowest BCUT2D eigenvalue weighted by atomic mass is 9.97. The van der Waals surface area contributed by atoms with Gasteiger partial charge in [-0.15, -0.1) is 10.2 Å². The van der Waals surface area contributed by atoms with Gasteiger partial charge in [0.2, 0.25) is 5.91 Å². The molecule has 1 aliphatic heterocycles. The second-order valence-electron chi connectivity index (χ2n) is 6.37. The van der Waals surface area contributed by atoms with Gasteiger partial charge in [0.1, 0.15) is 12.7 Å². The van der Waals surface area contributed by atoms with Gasteiger partial charge in [0.05, 0.1) is 5.92 Å². The SMILES string of the molecule is O=C(Nc1ccc(Cl)cc1)C1CCCN(c2ccc(-n3cncn3)nn2)C1. The van der Waals surface area contributed by atoms with Crippen molar-refractivity contribution in [3.05, 3.63) is 54.1 Å². The first-order chi connectivity index (χ1) is 13.2. The van der Waals surface area contributed by atoms with Crippen LogP contribution in [-0.4, -0.2) is 44.0 Å². The van der Waals surface area contributed by atoms with Crippen LogP contribution in [0.3, 0.4) is 0 Å². The number of nitrogens with zero attached hydrogens (tertiary/aromatic N) is 6. The lowest BCUT2D eigenvalue weighted by Crippen LogP contribution is -2.41. The van der Waals surface area contributed by atoms with Crippen LogP contribution in [0.4, 0.5) is 11.5 Å². The molecule has 27 heavy (non-hydrogen) atoms. The molecule has 1 fully saturated rings. The number of aromatic nitrogens is 5. The summed E-state index contributed by atoms with van der Waals surface area (Å²) in [5.74, 6) is 1.26. The third kappa shape index (κ3) is 4.06. The number of hydrogen-bond donors (Lipinski definition) is 1. The highest BCUT2D eigenvalue weighted by Gasteiger charge is 2.26. The number of benzene rings is 1. The first kappa shape index (κ1) is 17.4. The van der Waals surface area contributed by atoms with Crippen LogP contribution in [0.5, 0.6) is 0 Å². The quantitative estimate of drug-likeness (QED) is 0.744. The lowest BCUT2D eigenvalue weighted by molar-refractivity contribution is -0.120. The van der Waals surface area contributed by atoms with Crippen molar-refractivity contribution in [2.45, 2.75) is 12.8 Å². The van der Waals surface area contributed by atoms with Crippen LogP contribution in [0.25, 0.3) is 5.82 Å². The molecule has 1 N–H and O–H groups in total. The Kier molecular flexibility index (Phi) is 4.97. The zero-order valence-corrected chi connectivity index (χ0v) is 15.3. The van der Waals surface area contributed by atoms with Gasteiger partial charge in [-0.3, -0.25) is 4.79 Å². The highest BCUT2D eigenvalue weighted by Crippen LogP contribution is 2.23. The molecule has 4 rings (SSSR count). The molecular weight excluding hydrogens is 366 g/mol. The summed E-state index contributed by atoms with van der Waals surface area (Å²) in [6.45, 7) is 1.46. The third-order valence-corrected chi connectivity index (χ3v) is 4.77. The maximum absolute atomic E-state index is 12.6. The second-order valence-corrected chi connectivity index (χ2v) is 6.81. The van der Waals surface area contributed by atoms with E-state index in [1.54, 1.807) is 35.3 Å². The zero-order chi connectivity index (χ0) is 18.6. The molecule has 1 aliphatic rings. The van der Waals surface area contributed by atoms with E-state index in [0.29, 0.717) is 17.4 Å². The number of carbonyl (C=O) groups excluding carboxylic acids is 1. The van der Waals surface area contributed by atoms with Gasteiger partial charge in [0, 0.05) is 23.8 Å². The fourth-order valence-electron chi connectivity index (χ4n) is 3.11. The monoisotopic (exact) mass is 383 g/mol. The minimum atomic E-state index is -0.105. The van der Waals surface area contributed by atoms with Crippen molar-refractivity contribution in [1.82, 2.24) is 25.0 Å². The molecule has 9 heteroatoms. The minimum Gasteiger partial charge on any atom is -0.354 e. The minimum absolute atomic E-state index is 0.00853. The van der Waals surface area contributed by atoms with E-state index in [0.717, 1.165) is 30.9 Å². The van der Waals surface area contributed by atoms with Gasteiger partial charge >= 0.3 is 0 Å². The Morgan fingerprint density at radius 2 is 1.89 bits per heavy atom. The number of nitrogens with one attached hydrogen (secondary N) is 1. The standard InChI is InChI=1S/C18H18ClN7O/c19-14-3-5-15(6-4-14)22-18(27)13-2-1-9-25(10-13)16-7-8-17(24-23-16)26-12-20-11-21-26/h3-8,11-13H,1-2,9-10H2,(H,22,27). The molecule has 1 saturated heterocycles. The molecular formula is C18H18ClN7O. The molecule has 0 spiro atoms. The van der Waals surface area contributed by atoms with E-state index in [1.165, 1.54) is 6.33 Å². The number of rotatable bonds is 4. The predicted molar refractivity (Wildman–Crippen MR) is 102 cm³/mol.